The second-order valence-corrected chi connectivity index (χ2v) is 8.78. The molecule has 0 aliphatic carbocycles. The number of fused-ring (bicyclic) bond motifs is 1. The molecular weight excluding hydrogens is 440 g/mol. The van der Waals surface area contributed by atoms with E-state index in [4.69, 9.17) is 16.3 Å². The molecular formula is C22H17ClN2O3S2. The number of carbonyl (C=O) groups is 1. The van der Waals surface area contributed by atoms with Gasteiger partial charge in [-0.3, -0.25) is 14.2 Å². The number of rotatable bonds is 7. The summed E-state index contributed by atoms with van der Waals surface area (Å²) in [4.78, 5) is 30.3. The van der Waals surface area contributed by atoms with Gasteiger partial charge in [-0.05, 0) is 53.4 Å². The fourth-order valence-electron chi connectivity index (χ4n) is 2.94. The minimum absolute atomic E-state index is 0.0488. The number of hydrogen-bond acceptors (Lipinski definition) is 6. The van der Waals surface area contributed by atoms with Crippen LogP contribution < -0.4 is 10.3 Å². The molecule has 5 nitrogen and oxygen atoms in total. The maximum Gasteiger partial charge on any atom is 0.272 e. The zero-order valence-electron chi connectivity index (χ0n) is 16.0. The smallest absolute Gasteiger partial charge is 0.272 e. The van der Waals surface area contributed by atoms with Gasteiger partial charge < -0.3 is 4.74 Å². The predicted octanol–water partition coefficient (Wildman–Crippen LogP) is 5.14. The molecule has 0 saturated carbocycles. The fourth-order valence-corrected chi connectivity index (χ4v) is 4.73. The minimum atomic E-state index is -0.104. The summed E-state index contributed by atoms with van der Waals surface area (Å²) >= 11 is 8.53. The molecule has 0 spiro atoms. The van der Waals surface area contributed by atoms with Crippen LogP contribution in [0.2, 0.25) is 5.02 Å². The number of hydrogen-bond donors (Lipinski definition) is 0. The second kappa shape index (κ2) is 9.04. The average molecular weight is 457 g/mol. The van der Waals surface area contributed by atoms with E-state index in [1.165, 1.54) is 23.1 Å². The van der Waals surface area contributed by atoms with Crippen LogP contribution in [0, 0.1) is 0 Å². The summed E-state index contributed by atoms with van der Waals surface area (Å²) < 4.78 is 7.43. The van der Waals surface area contributed by atoms with Crippen LogP contribution >= 0.6 is 34.7 Å². The van der Waals surface area contributed by atoms with Crippen molar-refractivity contribution in [2.45, 2.75) is 11.7 Å². The Hall–Kier alpha value is -2.61. The Morgan fingerprint density at radius 2 is 1.87 bits per heavy atom. The molecule has 4 aromatic rings. The molecule has 30 heavy (non-hydrogen) atoms. The molecule has 0 fully saturated rings. The van der Waals surface area contributed by atoms with Gasteiger partial charge in [-0.2, -0.15) is 0 Å². The van der Waals surface area contributed by atoms with E-state index in [9.17, 15) is 9.59 Å². The average Bonchev–Trinajstić information content (AvgIpc) is 3.24. The monoisotopic (exact) mass is 456 g/mol. The quantitative estimate of drug-likeness (QED) is 0.219. The van der Waals surface area contributed by atoms with Gasteiger partial charge in [-0.15, -0.1) is 11.3 Å². The number of methoxy groups -OCH3 is 1. The largest absolute Gasteiger partial charge is 0.497 e. The summed E-state index contributed by atoms with van der Waals surface area (Å²) in [6.45, 7) is 0.362. The molecule has 2 heterocycles. The van der Waals surface area contributed by atoms with Gasteiger partial charge in [0.2, 0.25) is 0 Å². The normalized spacial score (nSPS) is 11.0. The van der Waals surface area contributed by atoms with E-state index in [0.29, 0.717) is 32.5 Å². The van der Waals surface area contributed by atoms with E-state index >= 15 is 0 Å². The van der Waals surface area contributed by atoms with Crippen LogP contribution in [-0.2, 0) is 6.54 Å². The van der Waals surface area contributed by atoms with Crippen molar-refractivity contribution in [2.24, 2.45) is 0 Å². The van der Waals surface area contributed by atoms with E-state index < -0.39 is 0 Å². The third-order valence-electron chi connectivity index (χ3n) is 4.53. The van der Waals surface area contributed by atoms with Crippen molar-refractivity contribution in [2.75, 3.05) is 12.9 Å². The first-order chi connectivity index (χ1) is 14.5. The van der Waals surface area contributed by atoms with Gasteiger partial charge in [-0.25, -0.2) is 4.98 Å². The zero-order valence-corrected chi connectivity index (χ0v) is 18.4. The molecule has 152 valence electrons. The summed E-state index contributed by atoms with van der Waals surface area (Å²) in [6.07, 6.45) is 0. The number of Topliss-reactive ketones (excluding diaryl/α,β-unsaturated/α-hetero) is 1. The van der Waals surface area contributed by atoms with Crippen molar-refractivity contribution in [3.8, 4) is 5.75 Å². The molecule has 0 N–H and O–H groups in total. The van der Waals surface area contributed by atoms with Crippen molar-refractivity contribution < 1.29 is 9.53 Å². The van der Waals surface area contributed by atoms with Crippen molar-refractivity contribution >= 4 is 50.7 Å². The predicted molar refractivity (Wildman–Crippen MR) is 122 cm³/mol. The Kier molecular flexibility index (Phi) is 6.22. The van der Waals surface area contributed by atoms with E-state index in [0.717, 1.165) is 11.3 Å². The lowest BCUT2D eigenvalue weighted by molar-refractivity contribution is 0.102. The topological polar surface area (TPSA) is 61.2 Å². The van der Waals surface area contributed by atoms with E-state index in [1.54, 1.807) is 35.9 Å². The van der Waals surface area contributed by atoms with Crippen LogP contribution in [0.25, 0.3) is 10.2 Å². The van der Waals surface area contributed by atoms with Gasteiger partial charge in [-0.1, -0.05) is 35.5 Å². The van der Waals surface area contributed by atoms with Crippen LogP contribution in [0.5, 0.6) is 5.75 Å². The highest BCUT2D eigenvalue weighted by atomic mass is 35.5. The summed E-state index contributed by atoms with van der Waals surface area (Å²) in [5.41, 5.74) is 2.07. The van der Waals surface area contributed by atoms with E-state index in [1.807, 2.05) is 35.7 Å². The summed E-state index contributed by atoms with van der Waals surface area (Å²) in [5, 5.41) is 2.95. The second-order valence-electron chi connectivity index (χ2n) is 6.49. The third kappa shape index (κ3) is 4.43. The van der Waals surface area contributed by atoms with Gasteiger partial charge in [0.1, 0.15) is 10.4 Å². The summed E-state index contributed by atoms with van der Waals surface area (Å²) in [6, 6.07) is 16.1. The summed E-state index contributed by atoms with van der Waals surface area (Å²) in [7, 11) is 1.61. The first-order valence-corrected chi connectivity index (χ1v) is 11.3. The van der Waals surface area contributed by atoms with Crippen LogP contribution in [-0.4, -0.2) is 28.2 Å². The molecule has 0 amide bonds. The third-order valence-corrected chi connectivity index (χ3v) is 6.65. The maximum atomic E-state index is 13.1. The Balaban J connectivity index is 1.63. The molecule has 0 aliphatic rings. The molecule has 2 aromatic heterocycles. The lowest BCUT2D eigenvalue weighted by atomic mass is 10.1. The van der Waals surface area contributed by atoms with Gasteiger partial charge in [0, 0.05) is 10.6 Å². The highest BCUT2D eigenvalue weighted by molar-refractivity contribution is 7.99. The molecule has 0 radical (unpaired) electrons. The van der Waals surface area contributed by atoms with Crippen LogP contribution in [0.4, 0.5) is 0 Å². The van der Waals surface area contributed by atoms with Gasteiger partial charge in [0.15, 0.2) is 10.9 Å². The molecule has 4 rings (SSSR count). The van der Waals surface area contributed by atoms with Crippen molar-refractivity contribution in [3.05, 3.63) is 86.5 Å². The molecule has 0 bridgehead atoms. The number of thioether (sulfide) groups is 1. The molecule has 0 saturated heterocycles. The van der Waals surface area contributed by atoms with Crippen LogP contribution in [0.15, 0.2) is 69.9 Å². The first-order valence-electron chi connectivity index (χ1n) is 9.07. The Labute approximate surface area is 186 Å². The van der Waals surface area contributed by atoms with Gasteiger partial charge >= 0.3 is 0 Å². The highest BCUT2D eigenvalue weighted by Crippen LogP contribution is 2.23. The van der Waals surface area contributed by atoms with Crippen molar-refractivity contribution in [3.63, 3.8) is 0 Å². The SMILES string of the molecule is COc1ccc(Cn2c(SCC(=O)c3ccc(Cl)cc3)nc3ccsc3c2=O)cc1. The number of carbonyl (C=O) groups excluding carboxylic acids is 1. The molecule has 8 heteroatoms. The van der Waals surface area contributed by atoms with Crippen molar-refractivity contribution in [1.29, 1.82) is 0 Å². The molecule has 2 aromatic carbocycles. The fraction of sp³-hybridized carbons (Fsp3) is 0.136. The lowest BCUT2D eigenvalue weighted by Gasteiger charge is -2.12. The maximum absolute atomic E-state index is 13.1. The van der Waals surface area contributed by atoms with E-state index in [-0.39, 0.29) is 17.1 Å². The first kappa shape index (κ1) is 20.7. The standard InChI is InChI=1S/C22H17ClN2O3S2/c1-28-17-8-2-14(3-9-17)12-25-21(27)20-18(10-11-29-20)24-22(25)30-13-19(26)15-4-6-16(23)7-5-15/h2-11H,12-13H2,1H3. The number of benzene rings is 2. The Bertz CT molecular complexity index is 1250. The van der Waals surface area contributed by atoms with Crippen LogP contribution in [0.3, 0.4) is 0 Å². The summed E-state index contributed by atoms with van der Waals surface area (Å²) in [5.74, 6) is 0.875. The number of thiophene rings is 1. The lowest BCUT2D eigenvalue weighted by Crippen LogP contribution is -2.23. The highest BCUT2D eigenvalue weighted by Gasteiger charge is 2.15. The molecule has 0 unspecified atom stereocenters. The molecule has 0 aliphatic heterocycles. The Morgan fingerprint density at radius 3 is 2.57 bits per heavy atom. The van der Waals surface area contributed by atoms with Gasteiger partial charge in [0.25, 0.3) is 5.56 Å². The van der Waals surface area contributed by atoms with E-state index in [2.05, 4.69) is 4.98 Å². The number of ketones is 1. The Morgan fingerprint density at radius 1 is 1.13 bits per heavy atom. The van der Waals surface area contributed by atoms with Gasteiger partial charge in [0.05, 0.1) is 24.9 Å². The number of halogens is 1. The number of aromatic nitrogens is 2. The number of ether oxygens (including phenoxy) is 1. The number of nitrogens with zero attached hydrogens (tertiary/aromatic N) is 2. The minimum Gasteiger partial charge on any atom is -0.497 e. The van der Waals surface area contributed by atoms with Crippen LogP contribution in [0.1, 0.15) is 15.9 Å². The zero-order chi connectivity index (χ0) is 21.1. The molecule has 0 atom stereocenters. The van der Waals surface area contributed by atoms with Crippen molar-refractivity contribution in [1.82, 2.24) is 9.55 Å².